The van der Waals surface area contributed by atoms with Gasteiger partial charge in [-0.15, -0.1) is 0 Å². The van der Waals surface area contributed by atoms with Crippen LogP contribution in [0.25, 0.3) is 10.8 Å². The number of benzene rings is 2. The number of rotatable bonds is 3. The summed E-state index contributed by atoms with van der Waals surface area (Å²) in [6.45, 7) is 0.595. The summed E-state index contributed by atoms with van der Waals surface area (Å²) in [5.41, 5.74) is 7.94. The van der Waals surface area contributed by atoms with Gasteiger partial charge in [-0.1, -0.05) is 24.3 Å². The molecular weight excluding hydrogens is 242 g/mol. The Morgan fingerprint density at radius 1 is 1.00 bits per heavy atom. The Bertz CT molecular complexity index is 661. The number of nitrogens with two attached hydrogens (primary N) is 1. The van der Waals surface area contributed by atoms with E-state index in [0.29, 0.717) is 6.61 Å². The van der Waals surface area contributed by atoms with Gasteiger partial charge in [0.1, 0.15) is 12.4 Å². The second-order valence-corrected chi connectivity index (χ2v) is 4.90. The molecule has 0 saturated heterocycles. The number of nitrogen functional groups attached to an aromatic ring is 1. The second kappa shape index (κ2) is 4.70. The maximum absolute atomic E-state index is 5.96. The molecule has 90 valence electrons. The number of ether oxygens (including phenoxy) is 1. The molecule has 18 heavy (non-hydrogen) atoms. The Kier molecular flexibility index (Phi) is 2.90. The molecule has 0 radical (unpaired) electrons. The lowest BCUT2D eigenvalue weighted by molar-refractivity contribution is 0.310. The smallest absolute Gasteiger partial charge is 0.127 e. The van der Waals surface area contributed by atoms with Gasteiger partial charge in [0, 0.05) is 16.5 Å². The van der Waals surface area contributed by atoms with Crippen LogP contribution >= 0.6 is 11.3 Å². The van der Waals surface area contributed by atoms with Crippen LogP contribution in [-0.2, 0) is 6.61 Å². The Labute approximate surface area is 110 Å². The minimum Gasteiger partial charge on any atom is -0.488 e. The molecule has 0 saturated carbocycles. The van der Waals surface area contributed by atoms with Gasteiger partial charge < -0.3 is 10.5 Å². The molecule has 0 atom stereocenters. The van der Waals surface area contributed by atoms with Crippen LogP contribution in [0.1, 0.15) is 5.56 Å². The summed E-state index contributed by atoms with van der Waals surface area (Å²) in [6.07, 6.45) is 0. The lowest BCUT2D eigenvalue weighted by Crippen LogP contribution is -1.95. The minimum atomic E-state index is 0.595. The van der Waals surface area contributed by atoms with E-state index in [2.05, 4.69) is 16.8 Å². The van der Waals surface area contributed by atoms with Gasteiger partial charge in [-0.3, -0.25) is 0 Å². The van der Waals surface area contributed by atoms with Crippen LogP contribution in [-0.4, -0.2) is 0 Å². The normalized spacial score (nSPS) is 10.7. The molecule has 0 aliphatic rings. The quantitative estimate of drug-likeness (QED) is 0.716. The van der Waals surface area contributed by atoms with E-state index in [9.17, 15) is 0 Å². The number of hydrogen-bond donors (Lipinski definition) is 1. The lowest BCUT2D eigenvalue weighted by atomic mass is 10.1. The molecule has 0 aliphatic carbocycles. The fraction of sp³-hybridized carbons (Fsp3) is 0.0667. The molecule has 0 spiro atoms. The third-order valence-electron chi connectivity index (χ3n) is 2.89. The largest absolute Gasteiger partial charge is 0.488 e. The van der Waals surface area contributed by atoms with Gasteiger partial charge in [0.15, 0.2) is 0 Å². The lowest BCUT2D eigenvalue weighted by Gasteiger charge is -2.10. The third-order valence-corrected chi connectivity index (χ3v) is 3.62. The predicted molar refractivity (Wildman–Crippen MR) is 77.0 cm³/mol. The zero-order valence-electron chi connectivity index (χ0n) is 9.80. The molecule has 3 rings (SSSR count). The van der Waals surface area contributed by atoms with Gasteiger partial charge in [0.25, 0.3) is 0 Å². The van der Waals surface area contributed by atoms with Crippen molar-refractivity contribution in [2.24, 2.45) is 0 Å². The zero-order chi connectivity index (χ0) is 12.4. The molecule has 2 aromatic carbocycles. The Morgan fingerprint density at radius 3 is 2.61 bits per heavy atom. The van der Waals surface area contributed by atoms with Gasteiger partial charge in [0.05, 0.1) is 0 Å². The van der Waals surface area contributed by atoms with Crippen LogP contribution < -0.4 is 10.5 Å². The fourth-order valence-corrected chi connectivity index (χ4v) is 2.61. The molecule has 0 bridgehead atoms. The average molecular weight is 255 g/mol. The predicted octanol–water partition coefficient (Wildman–Crippen LogP) is 4.06. The first kappa shape index (κ1) is 11.1. The summed E-state index contributed by atoms with van der Waals surface area (Å²) < 4.78 is 5.87. The standard InChI is InChI=1S/C15H13NOS/c16-14-5-6-15(13-4-2-1-3-12(13)14)17-9-11-7-8-18-10-11/h1-8,10H,9,16H2. The number of fused-ring (bicyclic) bond motifs is 1. The summed E-state index contributed by atoms with van der Waals surface area (Å²) in [6, 6.07) is 13.9. The van der Waals surface area contributed by atoms with Crippen molar-refractivity contribution < 1.29 is 4.74 Å². The zero-order valence-corrected chi connectivity index (χ0v) is 10.6. The average Bonchev–Trinajstić information content (AvgIpc) is 2.92. The molecule has 2 N–H and O–H groups in total. The first-order valence-electron chi connectivity index (χ1n) is 5.76. The van der Waals surface area contributed by atoms with Crippen molar-refractivity contribution in [3.05, 3.63) is 58.8 Å². The Hall–Kier alpha value is -2.00. The van der Waals surface area contributed by atoms with Gasteiger partial charge in [-0.2, -0.15) is 11.3 Å². The highest BCUT2D eigenvalue weighted by Gasteiger charge is 2.04. The maximum Gasteiger partial charge on any atom is 0.127 e. The van der Waals surface area contributed by atoms with E-state index in [4.69, 9.17) is 10.5 Å². The molecule has 3 aromatic rings. The van der Waals surface area contributed by atoms with E-state index in [-0.39, 0.29) is 0 Å². The summed E-state index contributed by atoms with van der Waals surface area (Å²) >= 11 is 1.68. The van der Waals surface area contributed by atoms with E-state index in [0.717, 1.165) is 22.2 Å². The third kappa shape index (κ3) is 2.05. The molecule has 2 nitrogen and oxygen atoms in total. The Morgan fingerprint density at radius 2 is 1.83 bits per heavy atom. The SMILES string of the molecule is Nc1ccc(OCc2ccsc2)c2ccccc12. The van der Waals surface area contributed by atoms with E-state index in [1.54, 1.807) is 11.3 Å². The van der Waals surface area contributed by atoms with Crippen LogP contribution in [0.15, 0.2) is 53.2 Å². The monoisotopic (exact) mass is 255 g/mol. The summed E-state index contributed by atoms with van der Waals surface area (Å²) in [5, 5.41) is 6.26. The first-order chi connectivity index (χ1) is 8.84. The first-order valence-corrected chi connectivity index (χ1v) is 6.70. The van der Waals surface area contributed by atoms with Gasteiger partial charge in [-0.05, 0) is 34.5 Å². The van der Waals surface area contributed by atoms with Crippen molar-refractivity contribution in [2.75, 3.05) is 5.73 Å². The van der Waals surface area contributed by atoms with Crippen LogP contribution in [0.3, 0.4) is 0 Å². The molecule has 1 aromatic heterocycles. The van der Waals surface area contributed by atoms with Crippen molar-refractivity contribution in [2.45, 2.75) is 6.61 Å². The molecular formula is C15H13NOS. The van der Waals surface area contributed by atoms with Gasteiger partial charge in [0.2, 0.25) is 0 Å². The van der Waals surface area contributed by atoms with Crippen molar-refractivity contribution >= 4 is 27.8 Å². The van der Waals surface area contributed by atoms with Gasteiger partial charge in [-0.25, -0.2) is 0 Å². The van der Waals surface area contributed by atoms with Crippen LogP contribution in [0.4, 0.5) is 5.69 Å². The van der Waals surface area contributed by atoms with Crippen LogP contribution in [0.5, 0.6) is 5.75 Å². The van der Waals surface area contributed by atoms with Crippen LogP contribution in [0, 0.1) is 0 Å². The summed E-state index contributed by atoms with van der Waals surface area (Å²) in [7, 11) is 0. The Balaban J connectivity index is 1.94. The highest BCUT2D eigenvalue weighted by Crippen LogP contribution is 2.30. The topological polar surface area (TPSA) is 35.2 Å². The summed E-state index contributed by atoms with van der Waals surface area (Å²) in [5.74, 6) is 0.881. The molecule has 0 aliphatic heterocycles. The highest BCUT2D eigenvalue weighted by molar-refractivity contribution is 7.07. The van der Waals surface area contributed by atoms with E-state index in [1.807, 2.05) is 36.4 Å². The van der Waals surface area contributed by atoms with Gasteiger partial charge >= 0.3 is 0 Å². The van der Waals surface area contributed by atoms with Crippen molar-refractivity contribution in [1.82, 2.24) is 0 Å². The fourth-order valence-electron chi connectivity index (χ4n) is 1.96. The van der Waals surface area contributed by atoms with E-state index >= 15 is 0 Å². The van der Waals surface area contributed by atoms with E-state index in [1.165, 1.54) is 5.56 Å². The van der Waals surface area contributed by atoms with Crippen LogP contribution in [0.2, 0.25) is 0 Å². The molecule has 0 fully saturated rings. The van der Waals surface area contributed by atoms with E-state index < -0.39 is 0 Å². The van der Waals surface area contributed by atoms with Crippen molar-refractivity contribution in [3.8, 4) is 5.75 Å². The van der Waals surface area contributed by atoms with Crippen molar-refractivity contribution in [1.29, 1.82) is 0 Å². The number of thiophene rings is 1. The van der Waals surface area contributed by atoms with Crippen molar-refractivity contribution in [3.63, 3.8) is 0 Å². The number of anilines is 1. The molecule has 0 amide bonds. The maximum atomic E-state index is 5.96. The highest BCUT2D eigenvalue weighted by atomic mass is 32.1. The molecule has 0 unspecified atom stereocenters. The number of hydrogen-bond acceptors (Lipinski definition) is 3. The molecule has 3 heteroatoms. The molecule has 1 heterocycles. The summed E-state index contributed by atoms with van der Waals surface area (Å²) in [4.78, 5) is 0. The minimum absolute atomic E-state index is 0.595. The second-order valence-electron chi connectivity index (χ2n) is 4.12.